The van der Waals surface area contributed by atoms with Gasteiger partial charge in [0, 0.05) is 39.1 Å². The monoisotopic (exact) mass is 386 g/mol. The zero-order valence-electron chi connectivity index (χ0n) is 15.7. The molecular weight excluding hydrogens is 360 g/mol. The normalized spacial score (nSPS) is 15.7. The van der Waals surface area contributed by atoms with E-state index in [0.29, 0.717) is 13.1 Å². The van der Waals surface area contributed by atoms with Gasteiger partial charge in [0.15, 0.2) is 9.84 Å². The second-order valence-corrected chi connectivity index (χ2v) is 9.14. The van der Waals surface area contributed by atoms with Crippen molar-refractivity contribution in [2.75, 3.05) is 31.9 Å². The van der Waals surface area contributed by atoms with Crippen LogP contribution in [0.3, 0.4) is 0 Å². The third-order valence-corrected chi connectivity index (χ3v) is 6.63. The summed E-state index contributed by atoms with van der Waals surface area (Å²) in [4.78, 5) is 16.8. The average Bonchev–Trinajstić information content (AvgIpc) is 2.67. The number of benzene rings is 2. The van der Waals surface area contributed by atoms with Crippen LogP contribution < -0.4 is 0 Å². The first-order valence-electron chi connectivity index (χ1n) is 9.27. The van der Waals surface area contributed by atoms with Crippen molar-refractivity contribution < 1.29 is 13.2 Å². The van der Waals surface area contributed by atoms with E-state index in [1.54, 1.807) is 35.2 Å². The van der Waals surface area contributed by atoms with Crippen LogP contribution >= 0.6 is 0 Å². The summed E-state index contributed by atoms with van der Waals surface area (Å²) in [6, 6.07) is 16.8. The van der Waals surface area contributed by atoms with Crippen LogP contribution in [0.25, 0.3) is 0 Å². The van der Waals surface area contributed by atoms with Crippen LogP contribution in [-0.2, 0) is 21.2 Å². The minimum atomic E-state index is -3.41. The standard InChI is InChI=1S/C21H26N2O3S/c1-18-6-5-7-19(16-18)17-22-11-13-23(14-12-22)21(24)10-15-27(25,26)20-8-3-2-4-9-20/h2-9,16H,10-15,17H2,1H3. The van der Waals surface area contributed by atoms with Gasteiger partial charge in [0.2, 0.25) is 5.91 Å². The fourth-order valence-corrected chi connectivity index (χ4v) is 4.60. The molecule has 0 aliphatic carbocycles. The van der Waals surface area contributed by atoms with Crippen LogP contribution in [0.4, 0.5) is 0 Å². The van der Waals surface area contributed by atoms with Gasteiger partial charge in [-0.25, -0.2) is 8.42 Å². The Bertz CT molecular complexity index is 873. The van der Waals surface area contributed by atoms with Gasteiger partial charge in [-0.3, -0.25) is 9.69 Å². The summed E-state index contributed by atoms with van der Waals surface area (Å²) >= 11 is 0. The van der Waals surface area contributed by atoms with Crippen molar-refractivity contribution in [3.05, 3.63) is 65.7 Å². The first kappa shape index (κ1) is 19.6. The number of carbonyl (C=O) groups is 1. The molecule has 0 spiro atoms. The van der Waals surface area contributed by atoms with Gasteiger partial charge >= 0.3 is 0 Å². The molecule has 0 bridgehead atoms. The molecule has 1 aliphatic rings. The second-order valence-electron chi connectivity index (χ2n) is 7.03. The van der Waals surface area contributed by atoms with Crippen LogP contribution in [0.15, 0.2) is 59.5 Å². The topological polar surface area (TPSA) is 57.7 Å². The lowest BCUT2D eigenvalue weighted by atomic mass is 10.1. The molecule has 2 aromatic rings. The zero-order chi connectivity index (χ0) is 19.3. The lowest BCUT2D eigenvalue weighted by Crippen LogP contribution is -2.48. The number of carbonyl (C=O) groups excluding carboxylic acids is 1. The maximum absolute atomic E-state index is 12.4. The minimum Gasteiger partial charge on any atom is -0.340 e. The van der Waals surface area contributed by atoms with Crippen LogP contribution in [0.1, 0.15) is 17.5 Å². The Labute approximate surface area is 161 Å². The summed E-state index contributed by atoms with van der Waals surface area (Å²) in [5, 5.41) is 0. The van der Waals surface area contributed by atoms with Crippen LogP contribution in [0.2, 0.25) is 0 Å². The number of rotatable bonds is 6. The molecule has 1 amide bonds. The summed E-state index contributed by atoms with van der Waals surface area (Å²) in [5.41, 5.74) is 2.53. The smallest absolute Gasteiger partial charge is 0.223 e. The molecule has 1 fully saturated rings. The molecule has 0 saturated carbocycles. The summed E-state index contributed by atoms with van der Waals surface area (Å²) in [6.07, 6.45) is 0.0368. The summed E-state index contributed by atoms with van der Waals surface area (Å²) < 4.78 is 24.6. The molecule has 6 heteroatoms. The van der Waals surface area contributed by atoms with Gasteiger partial charge in [-0.1, -0.05) is 48.0 Å². The largest absolute Gasteiger partial charge is 0.340 e. The van der Waals surface area contributed by atoms with Crippen molar-refractivity contribution in [1.82, 2.24) is 9.80 Å². The number of hydrogen-bond acceptors (Lipinski definition) is 4. The Kier molecular flexibility index (Phi) is 6.29. The lowest BCUT2D eigenvalue weighted by Gasteiger charge is -2.34. The van der Waals surface area contributed by atoms with Crippen LogP contribution in [0, 0.1) is 6.92 Å². The third kappa shape index (κ3) is 5.40. The highest BCUT2D eigenvalue weighted by atomic mass is 32.2. The predicted molar refractivity (Wildman–Crippen MR) is 106 cm³/mol. The molecule has 0 aromatic heterocycles. The van der Waals surface area contributed by atoms with E-state index in [1.807, 2.05) is 0 Å². The van der Waals surface area contributed by atoms with E-state index in [-0.39, 0.29) is 23.0 Å². The predicted octanol–water partition coefficient (Wildman–Crippen LogP) is 2.50. The van der Waals surface area contributed by atoms with E-state index in [2.05, 4.69) is 36.1 Å². The van der Waals surface area contributed by atoms with Gasteiger partial charge in [0.05, 0.1) is 10.6 Å². The first-order chi connectivity index (χ1) is 12.9. The maximum atomic E-state index is 12.4. The highest BCUT2D eigenvalue weighted by molar-refractivity contribution is 7.91. The summed E-state index contributed by atoms with van der Waals surface area (Å²) in [6.45, 7) is 5.89. The molecule has 144 valence electrons. The molecule has 1 heterocycles. The second kappa shape index (κ2) is 8.67. The van der Waals surface area contributed by atoms with Crippen molar-refractivity contribution >= 4 is 15.7 Å². The van der Waals surface area contributed by atoms with Gasteiger partial charge < -0.3 is 4.90 Å². The van der Waals surface area contributed by atoms with E-state index in [9.17, 15) is 13.2 Å². The summed E-state index contributed by atoms with van der Waals surface area (Å²) in [5.74, 6) is -0.219. The van der Waals surface area contributed by atoms with E-state index >= 15 is 0 Å². The third-order valence-electron chi connectivity index (χ3n) is 4.90. The molecule has 0 radical (unpaired) electrons. The van der Waals surface area contributed by atoms with Crippen molar-refractivity contribution in [2.24, 2.45) is 0 Å². The maximum Gasteiger partial charge on any atom is 0.223 e. The van der Waals surface area contributed by atoms with Crippen LogP contribution in [-0.4, -0.2) is 56.1 Å². The first-order valence-corrected chi connectivity index (χ1v) is 10.9. The fraction of sp³-hybridized carbons (Fsp3) is 0.381. The molecule has 1 aliphatic heterocycles. The summed E-state index contributed by atoms with van der Waals surface area (Å²) in [7, 11) is -3.41. The van der Waals surface area contributed by atoms with Crippen molar-refractivity contribution in [3.8, 4) is 0 Å². The number of nitrogens with zero attached hydrogens (tertiary/aromatic N) is 2. The molecule has 1 saturated heterocycles. The van der Waals surface area contributed by atoms with Crippen molar-refractivity contribution in [2.45, 2.75) is 24.8 Å². The van der Waals surface area contributed by atoms with Gasteiger partial charge in [0.25, 0.3) is 0 Å². The Hall–Kier alpha value is -2.18. The SMILES string of the molecule is Cc1cccc(CN2CCN(C(=O)CCS(=O)(=O)c3ccccc3)CC2)c1. The van der Waals surface area contributed by atoms with Crippen LogP contribution in [0.5, 0.6) is 0 Å². The average molecular weight is 387 g/mol. The Morgan fingerprint density at radius 3 is 2.33 bits per heavy atom. The van der Waals surface area contributed by atoms with E-state index < -0.39 is 9.84 Å². The van der Waals surface area contributed by atoms with E-state index in [4.69, 9.17) is 0 Å². The number of amides is 1. The molecule has 3 rings (SSSR count). The zero-order valence-corrected chi connectivity index (χ0v) is 16.5. The highest BCUT2D eigenvalue weighted by Gasteiger charge is 2.23. The molecule has 0 N–H and O–H groups in total. The number of aryl methyl sites for hydroxylation is 1. The van der Waals surface area contributed by atoms with Gasteiger partial charge in [-0.05, 0) is 24.6 Å². The quantitative estimate of drug-likeness (QED) is 0.765. The van der Waals surface area contributed by atoms with Gasteiger partial charge in [0.1, 0.15) is 0 Å². The molecule has 5 nitrogen and oxygen atoms in total. The molecular formula is C21H26N2O3S. The fourth-order valence-electron chi connectivity index (χ4n) is 3.35. The molecule has 2 aromatic carbocycles. The number of sulfone groups is 1. The molecule has 0 unspecified atom stereocenters. The Morgan fingerprint density at radius 2 is 1.67 bits per heavy atom. The number of hydrogen-bond donors (Lipinski definition) is 0. The highest BCUT2D eigenvalue weighted by Crippen LogP contribution is 2.14. The van der Waals surface area contributed by atoms with E-state index in [1.165, 1.54) is 11.1 Å². The Morgan fingerprint density at radius 1 is 0.963 bits per heavy atom. The van der Waals surface area contributed by atoms with Gasteiger partial charge in [-0.15, -0.1) is 0 Å². The Balaban J connectivity index is 1.47. The van der Waals surface area contributed by atoms with Crippen molar-refractivity contribution in [3.63, 3.8) is 0 Å². The van der Waals surface area contributed by atoms with Gasteiger partial charge in [-0.2, -0.15) is 0 Å². The number of piperazine rings is 1. The molecule has 0 atom stereocenters. The van der Waals surface area contributed by atoms with E-state index in [0.717, 1.165) is 19.6 Å². The minimum absolute atomic E-state index is 0.0368. The van der Waals surface area contributed by atoms with Crippen molar-refractivity contribution in [1.29, 1.82) is 0 Å². The molecule has 27 heavy (non-hydrogen) atoms. The lowest BCUT2D eigenvalue weighted by molar-refractivity contribution is -0.132.